The molecule has 3 nitrogen and oxygen atoms in total. The van der Waals surface area contributed by atoms with E-state index in [0.29, 0.717) is 12.1 Å². The van der Waals surface area contributed by atoms with Crippen LogP contribution in [0.5, 0.6) is 0 Å². The van der Waals surface area contributed by atoms with Gasteiger partial charge in [-0.25, -0.2) is 4.39 Å². The Labute approximate surface area is 106 Å². The lowest BCUT2D eigenvalue weighted by Crippen LogP contribution is -2.15. The minimum Gasteiger partial charge on any atom is -0.398 e. The van der Waals surface area contributed by atoms with Gasteiger partial charge in [0.1, 0.15) is 5.82 Å². The summed E-state index contributed by atoms with van der Waals surface area (Å²) in [6.07, 6.45) is 3.95. The molecular formula is C14H16FN3. The normalized spacial score (nSPS) is 12.4. The zero-order chi connectivity index (χ0) is 13.1. The minimum atomic E-state index is -0.246. The van der Waals surface area contributed by atoms with E-state index in [0.717, 1.165) is 16.7 Å². The standard InChI is InChI=1S/C14H16FN3/c1-9-6-11(15)2-3-12(9)14(17)7-10-8-18-5-4-13(10)16/h2-6,8,14H,7,17H2,1H3,(H2,16,18). The third-order valence-corrected chi connectivity index (χ3v) is 3.01. The van der Waals surface area contributed by atoms with Gasteiger partial charge in [-0.15, -0.1) is 0 Å². The molecule has 0 fully saturated rings. The van der Waals surface area contributed by atoms with Crippen LogP contribution in [0.3, 0.4) is 0 Å². The zero-order valence-electron chi connectivity index (χ0n) is 10.2. The van der Waals surface area contributed by atoms with Gasteiger partial charge < -0.3 is 11.5 Å². The van der Waals surface area contributed by atoms with Crippen molar-refractivity contribution in [2.24, 2.45) is 5.73 Å². The number of nitrogen functional groups attached to an aromatic ring is 1. The van der Waals surface area contributed by atoms with Crippen molar-refractivity contribution in [1.29, 1.82) is 0 Å². The van der Waals surface area contributed by atoms with Crippen molar-refractivity contribution < 1.29 is 4.39 Å². The van der Waals surface area contributed by atoms with E-state index in [1.165, 1.54) is 12.1 Å². The maximum atomic E-state index is 13.0. The minimum absolute atomic E-state index is 0.211. The van der Waals surface area contributed by atoms with Crippen molar-refractivity contribution in [3.8, 4) is 0 Å². The summed E-state index contributed by atoms with van der Waals surface area (Å²) in [5, 5.41) is 0. The molecule has 0 amide bonds. The fraction of sp³-hybridized carbons (Fsp3) is 0.214. The topological polar surface area (TPSA) is 64.9 Å². The molecule has 0 saturated heterocycles. The van der Waals surface area contributed by atoms with E-state index in [2.05, 4.69) is 4.98 Å². The van der Waals surface area contributed by atoms with Gasteiger partial charge in [0.15, 0.2) is 0 Å². The highest BCUT2D eigenvalue weighted by Gasteiger charge is 2.12. The Balaban J connectivity index is 2.22. The predicted octanol–water partition coefficient (Wildman–Crippen LogP) is 2.35. The first-order valence-corrected chi connectivity index (χ1v) is 5.78. The van der Waals surface area contributed by atoms with Gasteiger partial charge in [-0.3, -0.25) is 4.98 Å². The van der Waals surface area contributed by atoms with Crippen molar-refractivity contribution >= 4 is 5.69 Å². The highest BCUT2D eigenvalue weighted by Crippen LogP contribution is 2.22. The van der Waals surface area contributed by atoms with Gasteiger partial charge in [-0.1, -0.05) is 6.07 Å². The van der Waals surface area contributed by atoms with Crippen LogP contribution in [0, 0.1) is 12.7 Å². The van der Waals surface area contributed by atoms with Crippen molar-refractivity contribution in [3.63, 3.8) is 0 Å². The van der Waals surface area contributed by atoms with Crippen LogP contribution in [0.25, 0.3) is 0 Å². The quantitative estimate of drug-likeness (QED) is 0.872. The van der Waals surface area contributed by atoms with Gasteiger partial charge in [0.05, 0.1) is 0 Å². The average Bonchev–Trinajstić information content (AvgIpc) is 2.32. The van der Waals surface area contributed by atoms with Gasteiger partial charge >= 0.3 is 0 Å². The number of aryl methyl sites for hydroxylation is 1. The van der Waals surface area contributed by atoms with Crippen LogP contribution in [0.4, 0.5) is 10.1 Å². The van der Waals surface area contributed by atoms with Crippen LogP contribution in [0.15, 0.2) is 36.7 Å². The SMILES string of the molecule is Cc1cc(F)ccc1C(N)Cc1cnccc1N. The number of rotatable bonds is 3. The predicted molar refractivity (Wildman–Crippen MR) is 70.4 cm³/mol. The Morgan fingerprint density at radius 3 is 2.78 bits per heavy atom. The molecule has 1 aromatic heterocycles. The number of aromatic nitrogens is 1. The van der Waals surface area contributed by atoms with Crippen molar-refractivity contribution in [3.05, 3.63) is 59.2 Å². The molecule has 0 aliphatic heterocycles. The van der Waals surface area contributed by atoms with Gasteiger partial charge in [-0.2, -0.15) is 0 Å². The second-order valence-electron chi connectivity index (χ2n) is 4.39. The summed E-state index contributed by atoms with van der Waals surface area (Å²) in [7, 11) is 0. The first-order chi connectivity index (χ1) is 8.58. The summed E-state index contributed by atoms with van der Waals surface area (Å²) in [5.74, 6) is -0.246. The van der Waals surface area contributed by atoms with E-state index in [4.69, 9.17) is 11.5 Å². The number of hydrogen-bond donors (Lipinski definition) is 2. The Morgan fingerprint density at radius 2 is 2.11 bits per heavy atom. The molecule has 1 aromatic carbocycles. The van der Waals surface area contributed by atoms with E-state index in [9.17, 15) is 4.39 Å². The van der Waals surface area contributed by atoms with Crippen molar-refractivity contribution in [2.75, 3.05) is 5.73 Å². The Kier molecular flexibility index (Phi) is 3.58. The fourth-order valence-corrected chi connectivity index (χ4v) is 2.01. The van der Waals surface area contributed by atoms with E-state index in [1.807, 2.05) is 6.92 Å². The first kappa shape index (κ1) is 12.5. The fourth-order valence-electron chi connectivity index (χ4n) is 2.01. The lowest BCUT2D eigenvalue weighted by atomic mass is 9.96. The van der Waals surface area contributed by atoms with E-state index < -0.39 is 0 Å². The highest BCUT2D eigenvalue weighted by molar-refractivity contribution is 5.45. The van der Waals surface area contributed by atoms with Gasteiger partial charge in [0, 0.05) is 24.1 Å². The first-order valence-electron chi connectivity index (χ1n) is 5.78. The second-order valence-corrected chi connectivity index (χ2v) is 4.39. The molecule has 1 unspecified atom stereocenters. The molecule has 18 heavy (non-hydrogen) atoms. The van der Waals surface area contributed by atoms with Gasteiger partial charge in [-0.05, 0) is 48.2 Å². The third-order valence-electron chi connectivity index (χ3n) is 3.01. The summed E-state index contributed by atoms with van der Waals surface area (Å²) < 4.78 is 13.0. The number of hydrogen-bond acceptors (Lipinski definition) is 3. The molecule has 0 bridgehead atoms. The highest BCUT2D eigenvalue weighted by atomic mass is 19.1. The largest absolute Gasteiger partial charge is 0.398 e. The average molecular weight is 245 g/mol. The zero-order valence-corrected chi connectivity index (χ0v) is 10.2. The molecule has 4 heteroatoms. The van der Waals surface area contributed by atoms with Crippen LogP contribution >= 0.6 is 0 Å². The monoisotopic (exact) mass is 245 g/mol. The lowest BCUT2D eigenvalue weighted by Gasteiger charge is -2.15. The Morgan fingerprint density at radius 1 is 1.33 bits per heavy atom. The molecule has 0 radical (unpaired) electrons. The van der Waals surface area contributed by atoms with E-state index in [-0.39, 0.29) is 11.9 Å². The molecular weight excluding hydrogens is 229 g/mol. The molecule has 1 heterocycles. The summed E-state index contributed by atoms with van der Waals surface area (Å²) in [6, 6.07) is 6.18. The van der Waals surface area contributed by atoms with Crippen LogP contribution in [-0.4, -0.2) is 4.98 Å². The molecule has 94 valence electrons. The number of halogens is 1. The third kappa shape index (κ3) is 2.65. The summed E-state index contributed by atoms with van der Waals surface area (Å²) in [4.78, 5) is 4.03. The van der Waals surface area contributed by atoms with Crippen LogP contribution in [-0.2, 0) is 6.42 Å². The number of pyridine rings is 1. The number of nitrogens with zero attached hydrogens (tertiary/aromatic N) is 1. The summed E-state index contributed by atoms with van der Waals surface area (Å²) in [5.41, 5.74) is 15.4. The maximum absolute atomic E-state index is 13.0. The second kappa shape index (κ2) is 5.14. The molecule has 1 atom stereocenters. The van der Waals surface area contributed by atoms with E-state index >= 15 is 0 Å². The summed E-state index contributed by atoms with van der Waals surface area (Å²) in [6.45, 7) is 1.85. The molecule has 0 spiro atoms. The Bertz CT molecular complexity index is 554. The van der Waals surface area contributed by atoms with Crippen LogP contribution in [0.2, 0.25) is 0 Å². The molecule has 0 saturated carbocycles. The molecule has 4 N–H and O–H groups in total. The van der Waals surface area contributed by atoms with E-state index in [1.54, 1.807) is 24.5 Å². The maximum Gasteiger partial charge on any atom is 0.123 e. The van der Waals surface area contributed by atoms with Crippen LogP contribution < -0.4 is 11.5 Å². The molecule has 0 aliphatic rings. The summed E-state index contributed by atoms with van der Waals surface area (Å²) >= 11 is 0. The van der Waals surface area contributed by atoms with Crippen molar-refractivity contribution in [1.82, 2.24) is 4.98 Å². The molecule has 0 aliphatic carbocycles. The Hall–Kier alpha value is -1.94. The smallest absolute Gasteiger partial charge is 0.123 e. The lowest BCUT2D eigenvalue weighted by molar-refractivity contribution is 0.622. The van der Waals surface area contributed by atoms with Gasteiger partial charge in [0.2, 0.25) is 0 Å². The van der Waals surface area contributed by atoms with Crippen LogP contribution in [0.1, 0.15) is 22.7 Å². The number of benzene rings is 1. The number of anilines is 1. The van der Waals surface area contributed by atoms with Gasteiger partial charge in [0.25, 0.3) is 0 Å². The molecule has 2 aromatic rings. The molecule has 2 rings (SSSR count). The number of nitrogens with two attached hydrogens (primary N) is 2. The van der Waals surface area contributed by atoms with Crippen molar-refractivity contribution in [2.45, 2.75) is 19.4 Å².